The number of hydrogen-bond acceptors (Lipinski definition) is 3. The molecule has 2 unspecified atom stereocenters. The molecule has 0 saturated heterocycles. The summed E-state index contributed by atoms with van der Waals surface area (Å²) >= 11 is 1.80. The van der Waals surface area contributed by atoms with Crippen LogP contribution in [0.1, 0.15) is 50.3 Å². The van der Waals surface area contributed by atoms with Crippen molar-refractivity contribution in [1.29, 1.82) is 0 Å². The number of rotatable bonds is 6. The Morgan fingerprint density at radius 1 is 1.42 bits per heavy atom. The first kappa shape index (κ1) is 13.6. The summed E-state index contributed by atoms with van der Waals surface area (Å²) in [4.78, 5) is 1.36. The van der Waals surface area contributed by atoms with Crippen molar-refractivity contribution < 1.29 is 4.74 Å². The molecule has 106 valence electrons. The van der Waals surface area contributed by atoms with Gasteiger partial charge in [-0.15, -0.1) is 11.3 Å². The summed E-state index contributed by atoms with van der Waals surface area (Å²) in [5, 5.41) is 5.88. The second-order valence-electron chi connectivity index (χ2n) is 6.06. The van der Waals surface area contributed by atoms with Gasteiger partial charge in [-0.1, -0.05) is 25.8 Å². The second-order valence-corrected chi connectivity index (χ2v) is 7.09. The maximum absolute atomic E-state index is 6.24. The van der Waals surface area contributed by atoms with Crippen molar-refractivity contribution in [3.05, 3.63) is 22.4 Å². The maximum atomic E-state index is 6.24. The Labute approximate surface area is 120 Å². The third-order valence-corrected chi connectivity index (χ3v) is 5.82. The smallest absolute Gasteiger partial charge is 0.0813 e. The van der Waals surface area contributed by atoms with Crippen LogP contribution in [0, 0.1) is 5.41 Å². The van der Waals surface area contributed by atoms with Crippen LogP contribution in [0.3, 0.4) is 0 Å². The van der Waals surface area contributed by atoms with E-state index in [1.54, 1.807) is 11.3 Å². The molecule has 1 spiro atoms. The number of ether oxygens (including phenoxy) is 1. The van der Waals surface area contributed by atoms with E-state index in [-0.39, 0.29) is 0 Å². The van der Waals surface area contributed by atoms with Crippen molar-refractivity contribution in [2.75, 3.05) is 6.54 Å². The topological polar surface area (TPSA) is 21.3 Å². The highest BCUT2D eigenvalue weighted by molar-refractivity contribution is 7.09. The molecule has 2 saturated carbocycles. The van der Waals surface area contributed by atoms with Gasteiger partial charge in [-0.2, -0.15) is 0 Å². The van der Waals surface area contributed by atoms with Gasteiger partial charge in [0.25, 0.3) is 0 Å². The van der Waals surface area contributed by atoms with Crippen LogP contribution in [0.2, 0.25) is 0 Å². The largest absolute Gasteiger partial charge is 0.372 e. The molecule has 1 heterocycles. The van der Waals surface area contributed by atoms with Crippen LogP contribution in [0.25, 0.3) is 0 Å². The first-order valence-electron chi connectivity index (χ1n) is 7.72. The van der Waals surface area contributed by atoms with Crippen LogP contribution >= 0.6 is 11.3 Å². The Morgan fingerprint density at radius 2 is 2.26 bits per heavy atom. The molecule has 1 N–H and O–H groups in total. The summed E-state index contributed by atoms with van der Waals surface area (Å²) in [7, 11) is 0. The van der Waals surface area contributed by atoms with Gasteiger partial charge < -0.3 is 10.1 Å². The Bertz CT molecular complexity index is 383. The normalized spacial score (nSPS) is 28.7. The zero-order valence-corrected chi connectivity index (χ0v) is 12.7. The highest BCUT2D eigenvalue weighted by Crippen LogP contribution is 2.54. The summed E-state index contributed by atoms with van der Waals surface area (Å²) in [6.07, 6.45) is 8.45. The zero-order valence-electron chi connectivity index (χ0n) is 11.9. The molecule has 2 fully saturated rings. The predicted octanol–water partition coefficient (Wildman–Crippen LogP) is 3.97. The van der Waals surface area contributed by atoms with Crippen LogP contribution in [0.5, 0.6) is 0 Å². The minimum atomic E-state index is 0.465. The minimum Gasteiger partial charge on any atom is -0.372 e. The second kappa shape index (κ2) is 5.94. The Hall–Kier alpha value is -0.380. The van der Waals surface area contributed by atoms with Crippen LogP contribution in [-0.4, -0.2) is 18.7 Å². The number of hydrogen-bond donors (Lipinski definition) is 1. The molecule has 3 rings (SSSR count). The van der Waals surface area contributed by atoms with Gasteiger partial charge >= 0.3 is 0 Å². The molecule has 19 heavy (non-hydrogen) atoms. The van der Waals surface area contributed by atoms with Gasteiger partial charge in [0, 0.05) is 16.3 Å². The summed E-state index contributed by atoms with van der Waals surface area (Å²) in [5.41, 5.74) is 0.465. The molecule has 2 nitrogen and oxygen atoms in total. The van der Waals surface area contributed by atoms with Gasteiger partial charge in [-0.3, -0.25) is 0 Å². The molecule has 1 aromatic rings. The number of nitrogens with one attached hydrogen (secondary N) is 1. The highest BCUT2D eigenvalue weighted by Gasteiger charge is 2.56. The quantitative estimate of drug-likeness (QED) is 0.851. The molecular formula is C16H25NOS. The van der Waals surface area contributed by atoms with Crippen LogP contribution in [0.4, 0.5) is 0 Å². The summed E-state index contributed by atoms with van der Waals surface area (Å²) < 4.78 is 6.24. The van der Waals surface area contributed by atoms with Crippen molar-refractivity contribution in [3.63, 3.8) is 0 Å². The third kappa shape index (κ3) is 2.61. The lowest BCUT2D eigenvalue weighted by Crippen LogP contribution is -2.62. The fraction of sp³-hybridized carbons (Fsp3) is 0.750. The molecule has 0 aromatic carbocycles. The van der Waals surface area contributed by atoms with E-state index in [9.17, 15) is 0 Å². The molecule has 3 heteroatoms. The van der Waals surface area contributed by atoms with Crippen molar-refractivity contribution in [2.24, 2.45) is 5.41 Å². The predicted molar refractivity (Wildman–Crippen MR) is 80.5 cm³/mol. The molecule has 2 aliphatic carbocycles. The minimum absolute atomic E-state index is 0.465. The lowest BCUT2D eigenvalue weighted by molar-refractivity contribution is -0.139. The van der Waals surface area contributed by atoms with E-state index >= 15 is 0 Å². The molecule has 2 atom stereocenters. The average Bonchev–Trinajstić information content (AvgIpc) is 3.09. The summed E-state index contributed by atoms with van der Waals surface area (Å²) in [6.45, 7) is 4.21. The maximum Gasteiger partial charge on any atom is 0.0813 e. The highest BCUT2D eigenvalue weighted by atomic mass is 32.1. The molecule has 0 bridgehead atoms. The van der Waals surface area contributed by atoms with Crippen molar-refractivity contribution in [1.82, 2.24) is 5.32 Å². The lowest BCUT2D eigenvalue weighted by Gasteiger charge is -2.54. The van der Waals surface area contributed by atoms with Crippen molar-refractivity contribution in [3.8, 4) is 0 Å². The van der Waals surface area contributed by atoms with Crippen LogP contribution in [0.15, 0.2) is 17.5 Å². The van der Waals surface area contributed by atoms with E-state index in [0.717, 1.165) is 13.2 Å². The SMILES string of the molecule is CCCNC1CC(OCc2cccs2)C12CCCC2. The standard InChI is InChI=1S/C16H25NOS/c1-2-9-17-14-11-15(16(14)7-3-4-8-16)18-12-13-6-5-10-19-13/h5-6,10,14-15,17H,2-4,7-9,11-12H2,1H3. The third-order valence-electron chi connectivity index (χ3n) is 4.97. The van der Waals surface area contributed by atoms with Gasteiger partial charge in [0.15, 0.2) is 0 Å². The Balaban J connectivity index is 1.57. The molecular weight excluding hydrogens is 254 g/mol. The lowest BCUT2D eigenvalue weighted by atomic mass is 9.60. The molecule has 0 radical (unpaired) electrons. The first-order chi connectivity index (χ1) is 9.35. The van der Waals surface area contributed by atoms with Crippen LogP contribution in [-0.2, 0) is 11.3 Å². The molecule has 2 aliphatic rings. The van der Waals surface area contributed by atoms with E-state index in [0.29, 0.717) is 17.6 Å². The fourth-order valence-corrected chi connectivity index (χ4v) is 4.49. The van der Waals surface area contributed by atoms with E-state index in [1.165, 1.54) is 43.4 Å². The van der Waals surface area contributed by atoms with E-state index in [1.807, 2.05) is 0 Å². The van der Waals surface area contributed by atoms with Crippen LogP contribution < -0.4 is 5.32 Å². The van der Waals surface area contributed by atoms with Crippen molar-refractivity contribution >= 4 is 11.3 Å². The van der Waals surface area contributed by atoms with Crippen molar-refractivity contribution in [2.45, 2.75) is 64.2 Å². The monoisotopic (exact) mass is 279 g/mol. The van der Waals surface area contributed by atoms with Gasteiger partial charge in [-0.05, 0) is 43.7 Å². The van der Waals surface area contributed by atoms with Gasteiger partial charge in [0.05, 0.1) is 12.7 Å². The summed E-state index contributed by atoms with van der Waals surface area (Å²) in [5.74, 6) is 0. The Morgan fingerprint density at radius 3 is 2.95 bits per heavy atom. The summed E-state index contributed by atoms with van der Waals surface area (Å²) in [6, 6.07) is 5.00. The van der Waals surface area contributed by atoms with Gasteiger partial charge in [-0.25, -0.2) is 0 Å². The molecule has 0 aliphatic heterocycles. The average molecular weight is 279 g/mol. The van der Waals surface area contributed by atoms with Gasteiger partial charge in [0.2, 0.25) is 0 Å². The molecule has 0 amide bonds. The van der Waals surface area contributed by atoms with E-state index in [4.69, 9.17) is 4.74 Å². The molecule has 1 aromatic heterocycles. The Kier molecular flexibility index (Phi) is 4.25. The van der Waals surface area contributed by atoms with E-state index < -0.39 is 0 Å². The number of thiophene rings is 1. The van der Waals surface area contributed by atoms with Gasteiger partial charge in [0.1, 0.15) is 0 Å². The zero-order chi connectivity index (χ0) is 13.1. The van der Waals surface area contributed by atoms with E-state index in [2.05, 4.69) is 29.8 Å². The fourth-order valence-electron chi connectivity index (χ4n) is 3.87. The first-order valence-corrected chi connectivity index (χ1v) is 8.60.